The van der Waals surface area contributed by atoms with Crippen LogP contribution < -0.4 is 5.01 Å². The quantitative estimate of drug-likeness (QED) is 0.535. The molecule has 0 saturated carbocycles. The van der Waals surface area contributed by atoms with Gasteiger partial charge < -0.3 is 5.11 Å². The van der Waals surface area contributed by atoms with E-state index in [0.29, 0.717) is 6.42 Å². The minimum Gasteiger partial charge on any atom is -0.508 e. The maximum Gasteiger partial charge on any atom is 0.269 e. The lowest BCUT2D eigenvalue weighted by Crippen LogP contribution is -2.20. The molecule has 0 bridgehead atoms. The SMILES string of the molecule is Cc1nn(C)c(C)c1[C@H]1CC(c2cccc(O)c2)=NN1c1ccc([N+](=O)[O-])cc1. The maximum atomic E-state index is 11.0. The van der Waals surface area contributed by atoms with Crippen molar-refractivity contribution in [3.8, 4) is 5.75 Å². The molecule has 2 heterocycles. The molecule has 0 spiro atoms. The van der Waals surface area contributed by atoms with E-state index < -0.39 is 4.92 Å². The molecular weight excluding hydrogens is 370 g/mol. The molecule has 1 aliphatic heterocycles. The smallest absolute Gasteiger partial charge is 0.269 e. The fourth-order valence-electron chi connectivity index (χ4n) is 3.83. The van der Waals surface area contributed by atoms with Crippen molar-refractivity contribution in [3.05, 3.63) is 81.2 Å². The van der Waals surface area contributed by atoms with Gasteiger partial charge in [-0.1, -0.05) is 12.1 Å². The van der Waals surface area contributed by atoms with E-state index in [0.717, 1.165) is 33.9 Å². The number of anilines is 1. The zero-order chi connectivity index (χ0) is 20.7. The van der Waals surface area contributed by atoms with E-state index in [4.69, 9.17) is 5.10 Å². The summed E-state index contributed by atoms with van der Waals surface area (Å²) in [6.07, 6.45) is 0.633. The Morgan fingerprint density at radius 3 is 2.48 bits per heavy atom. The highest BCUT2D eigenvalue weighted by atomic mass is 16.6. The molecule has 0 unspecified atom stereocenters. The third-order valence-corrected chi connectivity index (χ3v) is 5.31. The van der Waals surface area contributed by atoms with Crippen LogP contribution in [0.3, 0.4) is 0 Å². The average Bonchev–Trinajstić information content (AvgIpc) is 3.22. The van der Waals surface area contributed by atoms with Crippen molar-refractivity contribution in [1.29, 1.82) is 0 Å². The van der Waals surface area contributed by atoms with E-state index in [1.165, 1.54) is 12.1 Å². The number of nitro groups is 1. The second kappa shape index (κ2) is 7.05. The number of benzene rings is 2. The van der Waals surface area contributed by atoms with E-state index in [2.05, 4.69) is 5.10 Å². The fourth-order valence-corrected chi connectivity index (χ4v) is 3.83. The molecule has 1 N–H and O–H groups in total. The summed E-state index contributed by atoms with van der Waals surface area (Å²) in [6, 6.07) is 13.3. The number of phenolic OH excluding ortho intramolecular Hbond substituents is 1. The molecule has 4 rings (SSSR count). The Bertz CT molecular complexity index is 1120. The van der Waals surface area contributed by atoms with Crippen LogP contribution in [0.5, 0.6) is 5.75 Å². The van der Waals surface area contributed by atoms with Crippen LogP contribution in [0.15, 0.2) is 53.6 Å². The summed E-state index contributed by atoms with van der Waals surface area (Å²) in [5, 5.41) is 32.1. The van der Waals surface area contributed by atoms with Gasteiger partial charge in [-0.2, -0.15) is 10.2 Å². The summed E-state index contributed by atoms with van der Waals surface area (Å²) in [7, 11) is 1.91. The molecule has 0 fully saturated rings. The third-order valence-electron chi connectivity index (χ3n) is 5.31. The van der Waals surface area contributed by atoms with Crippen LogP contribution >= 0.6 is 0 Å². The summed E-state index contributed by atoms with van der Waals surface area (Å²) < 4.78 is 1.85. The molecule has 0 radical (unpaired) electrons. The Balaban J connectivity index is 1.80. The first-order chi connectivity index (χ1) is 13.8. The first-order valence-corrected chi connectivity index (χ1v) is 9.26. The lowest BCUT2D eigenvalue weighted by Gasteiger charge is -2.24. The van der Waals surface area contributed by atoms with Crippen molar-refractivity contribution in [2.75, 3.05) is 5.01 Å². The van der Waals surface area contributed by atoms with Gasteiger partial charge in [0, 0.05) is 42.4 Å². The van der Waals surface area contributed by atoms with Crippen molar-refractivity contribution in [2.45, 2.75) is 26.3 Å². The van der Waals surface area contributed by atoms with Crippen LogP contribution in [-0.4, -0.2) is 25.5 Å². The number of nitro benzene ring substituents is 1. The molecule has 0 amide bonds. The Morgan fingerprint density at radius 2 is 1.90 bits per heavy atom. The molecule has 29 heavy (non-hydrogen) atoms. The topological polar surface area (TPSA) is 96.8 Å². The number of hydrogen-bond donors (Lipinski definition) is 1. The van der Waals surface area contributed by atoms with Crippen molar-refractivity contribution >= 4 is 17.1 Å². The van der Waals surface area contributed by atoms with Crippen LogP contribution in [-0.2, 0) is 7.05 Å². The van der Waals surface area contributed by atoms with Gasteiger partial charge in [0.1, 0.15) is 5.75 Å². The Labute approximate surface area is 167 Å². The van der Waals surface area contributed by atoms with E-state index >= 15 is 0 Å². The normalized spacial score (nSPS) is 16.2. The lowest BCUT2D eigenvalue weighted by molar-refractivity contribution is -0.384. The lowest BCUT2D eigenvalue weighted by atomic mass is 9.96. The largest absolute Gasteiger partial charge is 0.508 e. The highest BCUT2D eigenvalue weighted by Crippen LogP contribution is 2.39. The van der Waals surface area contributed by atoms with Crippen LogP contribution in [0.4, 0.5) is 11.4 Å². The molecule has 2 aromatic carbocycles. The Hall–Kier alpha value is -3.68. The zero-order valence-electron chi connectivity index (χ0n) is 16.4. The van der Waals surface area contributed by atoms with Gasteiger partial charge in [-0.15, -0.1) is 0 Å². The second-order valence-electron chi connectivity index (χ2n) is 7.14. The number of aromatic hydroxyl groups is 1. The van der Waals surface area contributed by atoms with Gasteiger partial charge in [-0.3, -0.25) is 19.8 Å². The molecule has 0 aliphatic carbocycles. The van der Waals surface area contributed by atoms with Crippen LogP contribution in [0.25, 0.3) is 0 Å². The predicted octanol–water partition coefficient (Wildman–Crippen LogP) is 4.01. The molecule has 1 aromatic heterocycles. The summed E-state index contributed by atoms with van der Waals surface area (Å²) in [5.74, 6) is 0.185. The number of hydrogen-bond acceptors (Lipinski definition) is 6. The van der Waals surface area contributed by atoms with Crippen molar-refractivity contribution in [2.24, 2.45) is 12.1 Å². The molecule has 1 atom stereocenters. The maximum absolute atomic E-state index is 11.0. The summed E-state index contributed by atoms with van der Waals surface area (Å²) in [6.45, 7) is 4.00. The number of aromatic nitrogens is 2. The number of rotatable bonds is 4. The molecule has 1 aliphatic rings. The molecule has 8 nitrogen and oxygen atoms in total. The number of aryl methyl sites for hydroxylation is 2. The van der Waals surface area contributed by atoms with Crippen molar-refractivity contribution < 1.29 is 10.0 Å². The first-order valence-electron chi connectivity index (χ1n) is 9.26. The standard InChI is InChI=1S/C21H21N5O3/c1-13-21(14(2)24(3)22-13)20-12-19(15-5-4-6-18(27)11-15)23-25(20)16-7-9-17(10-8-16)26(28)29/h4-11,20,27H,12H2,1-3H3/t20-/m1/s1. The van der Waals surface area contributed by atoms with Gasteiger partial charge in [0.15, 0.2) is 0 Å². The average molecular weight is 391 g/mol. The van der Waals surface area contributed by atoms with Gasteiger partial charge in [0.25, 0.3) is 5.69 Å². The van der Waals surface area contributed by atoms with E-state index in [1.54, 1.807) is 30.3 Å². The van der Waals surface area contributed by atoms with Crippen LogP contribution in [0, 0.1) is 24.0 Å². The summed E-state index contributed by atoms with van der Waals surface area (Å²) in [5.41, 5.74) is 5.55. The van der Waals surface area contributed by atoms with E-state index in [9.17, 15) is 15.2 Å². The second-order valence-corrected chi connectivity index (χ2v) is 7.14. The predicted molar refractivity (Wildman–Crippen MR) is 110 cm³/mol. The van der Waals surface area contributed by atoms with Crippen LogP contribution in [0.2, 0.25) is 0 Å². The van der Waals surface area contributed by atoms with Gasteiger partial charge in [-0.05, 0) is 38.1 Å². The highest BCUT2D eigenvalue weighted by molar-refractivity contribution is 6.03. The zero-order valence-corrected chi connectivity index (χ0v) is 16.4. The number of phenols is 1. The summed E-state index contributed by atoms with van der Waals surface area (Å²) >= 11 is 0. The summed E-state index contributed by atoms with van der Waals surface area (Å²) in [4.78, 5) is 10.6. The Morgan fingerprint density at radius 1 is 1.17 bits per heavy atom. The van der Waals surface area contributed by atoms with Gasteiger partial charge in [0.05, 0.1) is 28.1 Å². The van der Waals surface area contributed by atoms with Crippen molar-refractivity contribution in [3.63, 3.8) is 0 Å². The monoisotopic (exact) mass is 391 g/mol. The number of hydrazone groups is 1. The molecule has 3 aromatic rings. The van der Waals surface area contributed by atoms with Gasteiger partial charge in [0.2, 0.25) is 0 Å². The third kappa shape index (κ3) is 3.33. The molecule has 0 saturated heterocycles. The highest BCUT2D eigenvalue weighted by Gasteiger charge is 2.33. The first kappa shape index (κ1) is 18.7. The molecule has 8 heteroatoms. The van der Waals surface area contributed by atoms with E-state index in [1.807, 2.05) is 36.7 Å². The number of nitrogens with zero attached hydrogens (tertiary/aromatic N) is 5. The minimum atomic E-state index is -0.415. The number of non-ortho nitro benzene ring substituents is 1. The fraction of sp³-hybridized carbons (Fsp3) is 0.238. The van der Waals surface area contributed by atoms with Gasteiger partial charge in [-0.25, -0.2) is 0 Å². The van der Waals surface area contributed by atoms with E-state index in [-0.39, 0.29) is 17.5 Å². The Kier molecular flexibility index (Phi) is 4.54. The van der Waals surface area contributed by atoms with Crippen molar-refractivity contribution in [1.82, 2.24) is 9.78 Å². The van der Waals surface area contributed by atoms with Gasteiger partial charge >= 0.3 is 0 Å². The minimum absolute atomic E-state index is 0.0374. The molecular formula is C21H21N5O3. The van der Waals surface area contributed by atoms with Crippen LogP contribution in [0.1, 0.15) is 35.0 Å². The molecule has 148 valence electrons.